The maximum atomic E-state index is 12.1. The van der Waals surface area contributed by atoms with Crippen LogP contribution in [0.3, 0.4) is 0 Å². The van der Waals surface area contributed by atoms with Gasteiger partial charge in [0.05, 0.1) is 5.60 Å². The van der Waals surface area contributed by atoms with Gasteiger partial charge in [-0.05, 0) is 26.8 Å². The lowest BCUT2D eigenvalue weighted by atomic mass is 10.1. The van der Waals surface area contributed by atoms with Crippen LogP contribution in [-0.2, 0) is 7.05 Å². The molecule has 1 aromatic heterocycles. The molecule has 0 fully saturated rings. The van der Waals surface area contributed by atoms with E-state index >= 15 is 0 Å². The van der Waals surface area contributed by atoms with Crippen LogP contribution in [0.25, 0.3) is 0 Å². The average molecular weight is 225 g/mol. The summed E-state index contributed by atoms with van der Waals surface area (Å²) in [6, 6.07) is 1.68. The van der Waals surface area contributed by atoms with Crippen LogP contribution in [0.1, 0.15) is 31.3 Å². The lowest BCUT2D eigenvalue weighted by Gasteiger charge is -2.28. The first-order chi connectivity index (χ1) is 7.35. The Bertz CT molecular complexity index is 366. The summed E-state index contributed by atoms with van der Waals surface area (Å²) in [5.74, 6) is -0.107. The Labute approximate surface area is 95.7 Å². The molecule has 0 saturated heterocycles. The van der Waals surface area contributed by atoms with Crippen LogP contribution in [-0.4, -0.2) is 44.4 Å². The number of amides is 1. The minimum atomic E-state index is -0.885. The van der Waals surface area contributed by atoms with Gasteiger partial charge < -0.3 is 10.0 Å². The van der Waals surface area contributed by atoms with E-state index in [0.717, 1.165) is 0 Å². The number of aromatic nitrogens is 2. The molecule has 1 rings (SSSR count). The molecule has 5 heteroatoms. The molecule has 1 heterocycles. The summed E-state index contributed by atoms with van der Waals surface area (Å²) >= 11 is 0. The maximum Gasteiger partial charge on any atom is 0.272 e. The summed E-state index contributed by atoms with van der Waals surface area (Å²) in [6.07, 6.45) is 1.59. The van der Waals surface area contributed by atoms with Gasteiger partial charge in [0.15, 0.2) is 0 Å². The number of carbonyl (C=O) groups excluding carboxylic acids is 1. The van der Waals surface area contributed by atoms with Gasteiger partial charge in [0, 0.05) is 26.3 Å². The van der Waals surface area contributed by atoms with Gasteiger partial charge >= 0.3 is 0 Å². The molecular formula is C11H19N3O2. The molecule has 0 bridgehead atoms. The third-order valence-electron chi connectivity index (χ3n) is 2.29. The van der Waals surface area contributed by atoms with E-state index in [1.807, 2.05) is 6.92 Å². The summed E-state index contributed by atoms with van der Waals surface area (Å²) in [4.78, 5) is 13.7. The van der Waals surface area contributed by atoms with E-state index in [-0.39, 0.29) is 5.91 Å². The van der Waals surface area contributed by atoms with Gasteiger partial charge in [-0.1, -0.05) is 0 Å². The molecule has 0 aliphatic rings. The highest BCUT2D eigenvalue weighted by Gasteiger charge is 2.23. The van der Waals surface area contributed by atoms with Crippen LogP contribution in [0.4, 0.5) is 0 Å². The summed E-state index contributed by atoms with van der Waals surface area (Å²) < 4.78 is 1.54. The van der Waals surface area contributed by atoms with Gasteiger partial charge in [-0.2, -0.15) is 5.10 Å². The second-order valence-corrected chi connectivity index (χ2v) is 4.47. The van der Waals surface area contributed by atoms with Crippen molar-refractivity contribution in [3.8, 4) is 0 Å². The second kappa shape index (κ2) is 4.65. The summed E-state index contributed by atoms with van der Waals surface area (Å²) in [5.41, 5.74) is -0.351. The molecule has 0 saturated carbocycles. The first-order valence-electron chi connectivity index (χ1n) is 5.35. The van der Waals surface area contributed by atoms with Crippen molar-refractivity contribution in [1.82, 2.24) is 14.7 Å². The van der Waals surface area contributed by atoms with Crippen molar-refractivity contribution in [1.29, 1.82) is 0 Å². The minimum absolute atomic E-state index is 0.107. The maximum absolute atomic E-state index is 12.1. The van der Waals surface area contributed by atoms with Gasteiger partial charge in [-0.3, -0.25) is 9.48 Å². The Morgan fingerprint density at radius 3 is 2.62 bits per heavy atom. The summed E-state index contributed by atoms with van der Waals surface area (Å²) in [6.45, 7) is 6.14. The molecule has 0 aliphatic heterocycles. The molecule has 0 atom stereocenters. The van der Waals surface area contributed by atoms with E-state index in [2.05, 4.69) is 5.10 Å². The highest BCUT2D eigenvalue weighted by atomic mass is 16.3. The minimum Gasteiger partial charge on any atom is -0.389 e. The van der Waals surface area contributed by atoms with Gasteiger partial charge in [0.25, 0.3) is 5.91 Å². The lowest BCUT2D eigenvalue weighted by molar-refractivity contribution is 0.0309. The molecule has 0 unspecified atom stereocenters. The van der Waals surface area contributed by atoms with Gasteiger partial charge in [0.2, 0.25) is 0 Å². The number of aliphatic hydroxyl groups is 1. The predicted molar refractivity (Wildman–Crippen MR) is 61.1 cm³/mol. The second-order valence-electron chi connectivity index (χ2n) is 4.47. The van der Waals surface area contributed by atoms with Crippen molar-refractivity contribution in [3.05, 3.63) is 18.0 Å². The molecule has 1 aromatic rings. The van der Waals surface area contributed by atoms with E-state index in [4.69, 9.17) is 0 Å². The van der Waals surface area contributed by atoms with E-state index in [1.165, 1.54) is 4.68 Å². The van der Waals surface area contributed by atoms with Crippen LogP contribution >= 0.6 is 0 Å². The van der Waals surface area contributed by atoms with Crippen LogP contribution in [0.2, 0.25) is 0 Å². The molecule has 1 N–H and O–H groups in total. The number of aryl methyl sites for hydroxylation is 1. The van der Waals surface area contributed by atoms with Crippen molar-refractivity contribution in [2.75, 3.05) is 13.1 Å². The van der Waals surface area contributed by atoms with E-state index in [0.29, 0.717) is 18.8 Å². The Hall–Kier alpha value is -1.36. The van der Waals surface area contributed by atoms with Crippen molar-refractivity contribution in [2.45, 2.75) is 26.4 Å². The molecule has 0 aliphatic carbocycles. The van der Waals surface area contributed by atoms with Crippen LogP contribution < -0.4 is 0 Å². The molecule has 0 aromatic carbocycles. The smallest absolute Gasteiger partial charge is 0.272 e. The molecule has 0 spiro atoms. The SMILES string of the molecule is CCN(CC(C)(C)O)C(=O)c1ccnn1C. The van der Waals surface area contributed by atoms with Gasteiger partial charge in [0.1, 0.15) is 5.69 Å². The Balaban J connectivity index is 2.82. The Kier molecular flexibility index (Phi) is 3.70. The van der Waals surface area contributed by atoms with Crippen LogP contribution in [0.15, 0.2) is 12.3 Å². The van der Waals surface area contributed by atoms with Crippen LogP contribution in [0, 0.1) is 0 Å². The normalized spacial score (nSPS) is 11.6. The fourth-order valence-electron chi connectivity index (χ4n) is 1.54. The molecule has 1 amide bonds. The van der Waals surface area contributed by atoms with Crippen molar-refractivity contribution < 1.29 is 9.90 Å². The number of rotatable bonds is 4. The first-order valence-corrected chi connectivity index (χ1v) is 5.35. The summed E-state index contributed by atoms with van der Waals surface area (Å²) in [5, 5.41) is 13.7. The third-order valence-corrected chi connectivity index (χ3v) is 2.29. The standard InChI is InChI=1S/C11H19N3O2/c1-5-14(8-11(2,3)16)10(15)9-6-7-12-13(9)4/h6-7,16H,5,8H2,1-4H3. The molecule has 5 nitrogen and oxygen atoms in total. The fourth-order valence-corrected chi connectivity index (χ4v) is 1.54. The molecule has 16 heavy (non-hydrogen) atoms. The fraction of sp³-hybridized carbons (Fsp3) is 0.636. The molecule has 90 valence electrons. The lowest BCUT2D eigenvalue weighted by Crippen LogP contribution is -2.42. The van der Waals surface area contributed by atoms with E-state index < -0.39 is 5.60 Å². The number of hydrogen-bond acceptors (Lipinski definition) is 3. The van der Waals surface area contributed by atoms with Gasteiger partial charge in [-0.15, -0.1) is 0 Å². The molecule has 0 radical (unpaired) electrons. The highest BCUT2D eigenvalue weighted by Crippen LogP contribution is 2.09. The monoisotopic (exact) mass is 225 g/mol. The third kappa shape index (κ3) is 3.06. The van der Waals surface area contributed by atoms with Crippen LogP contribution in [0.5, 0.6) is 0 Å². The Morgan fingerprint density at radius 2 is 2.25 bits per heavy atom. The largest absolute Gasteiger partial charge is 0.389 e. The highest BCUT2D eigenvalue weighted by molar-refractivity contribution is 5.92. The number of likely N-dealkylation sites (N-methyl/N-ethyl adjacent to an activating group) is 1. The summed E-state index contributed by atoms with van der Waals surface area (Å²) in [7, 11) is 1.73. The topological polar surface area (TPSA) is 58.4 Å². The number of hydrogen-bond donors (Lipinski definition) is 1. The average Bonchev–Trinajstić information content (AvgIpc) is 2.58. The number of nitrogens with zero attached hydrogens (tertiary/aromatic N) is 3. The Morgan fingerprint density at radius 1 is 1.62 bits per heavy atom. The quantitative estimate of drug-likeness (QED) is 0.818. The zero-order chi connectivity index (χ0) is 12.3. The predicted octanol–water partition coefficient (Wildman–Crippen LogP) is 0.653. The van der Waals surface area contributed by atoms with Crippen molar-refractivity contribution in [2.24, 2.45) is 7.05 Å². The van der Waals surface area contributed by atoms with Crippen molar-refractivity contribution in [3.63, 3.8) is 0 Å². The number of carbonyl (C=O) groups is 1. The zero-order valence-corrected chi connectivity index (χ0v) is 10.3. The van der Waals surface area contributed by atoms with E-state index in [9.17, 15) is 9.90 Å². The van der Waals surface area contributed by atoms with E-state index in [1.54, 1.807) is 38.1 Å². The molecular weight excluding hydrogens is 206 g/mol. The van der Waals surface area contributed by atoms with Crippen molar-refractivity contribution >= 4 is 5.91 Å². The first kappa shape index (κ1) is 12.7. The van der Waals surface area contributed by atoms with Gasteiger partial charge in [-0.25, -0.2) is 0 Å². The zero-order valence-electron chi connectivity index (χ0n) is 10.3.